The second-order valence-electron chi connectivity index (χ2n) is 4.23. The summed E-state index contributed by atoms with van der Waals surface area (Å²) in [5.74, 6) is -0.956. The number of hydrogen-bond acceptors (Lipinski definition) is 4. The van der Waals surface area contributed by atoms with E-state index in [9.17, 15) is 13.2 Å². The number of nitrogens with zero attached hydrogens (tertiary/aromatic N) is 1. The smallest absolute Gasteiger partial charge is 0.322 e. The zero-order valence-electron chi connectivity index (χ0n) is 10.3. The zero-order valence-corrected chi connectivity index (χ0v) is 13.4. The fourth-order valence-electron chi connectivity index (χ4n) is 1.97. The SMILES string of the molecule is CC1SCC(C(=O)O)N1S(=O)(=O)c1cc(Cl)cc(Cl)c1. The van der Waals surface area contributed by atoms with Gasteiger partial charge in [-0.05, 0) is 25.1 Å². The molecule has 0 spiro atoms. The van der Waals surface area contributed by atoms with Crippen molar-refractivity contribution in [2.45, 2.75) is 23.2 Å². The molecule has 1 heterocycles. The molecule has 110 valence electrons. The highest BCUT2D eigenvalue weighted by Crippen LogP contribution is 2.35. The van der Waals surface area contributed by atoms with E-state index in [0.717, 1.165) is 4.31 Å². The molecule has 0 aliphatic carbocycles. The minimum Gasteiger partial charge on any atom is -0.480 e. The third-order valence-corrected chi connectivity index (χ3v) is 6.60. The van der Waals surface area contributed by atoms with E-state index in [2.05, 4.69) is 0 Å². The van der Waals surface area contributed by atoms with Crippen molar-refractivity contribution in [2.75, 3.05) is 5.75 Å². The number of thioether (sulfide) groups is 1. The Balaban J connectivity index is 2.50. The highest BCUT2D eigenvalue weighted by molar-refractivity contribution is 8.01. The summed E-state index contributed by atoms with van der Waals surface area (Å²) in [4.78, 5) is 11.1. The highest BCUT2D eigenvalue weighted by atomic mass is 35.5. The normalized spacial score (nSPS) is 23.9. The molecule has 0 radical (unpaired) electrons. The fourth-order valence-corrected chi connectivity index (χ4v) is 5.99. The molecule has 9 heteroatoms. The van der Waals surface area contributed by atoms with Crippen molar-refractivity contribution in [3.05, 3.63) is 28.2 Å². The molecule has 0 amide bonds. The average molecular weight is 356 g/mol. The molecule has 1 aromatic carbocycles. The lowest BCUT2D eigenvalue weighted by molar-refractivity contribution is -0.140. The number of carboxylic acid groups (broad SMARTS) is 1. The molecule has 1 aliphatic heterocycles. The van der Waals surface area contributed by atoms with Crippen LogP contribution >= 0.6 is 35.0 Å². The van der Waals surface area contributed by atoms with E-state index < -0.39 is 27.4 Å². The summed E-state index contributed by atoms with van der Waals surface area (Å²) in [6.07, 6.45) is 0. The minimum absolute atomic E-state index is 0.101. The van der Waals surface area contributed by atoms with Crippen LogP contribution in [0.2, 0.25) is 10.0 Å². The van der Waals surface area contributed by atoms with Gasteiger partial charge in [0.15, 0.2) is 0 Å². The van der Waals surface area contributed by atoms with Gasteiger partial charge in [0.2, 0.25) is 10.0 Å². The second-order valence-corrected chi connectivity index (χ2v) is 8.29. The molecule has 0 bridgehead atoms. The lowest BCUT2D eigenvalue weighted by Crippen LogP contribution is -2.44. The Morgan fingerprint density at radius 3 is 2.40 bits per heavy atom. The maximum atomic E-state index is 12.6. The van der Waals surface area contributed by atoms with Gasteiger partial charge in [0, 0.05) is 15.8 Å². The predicted molar refractivity (Wildman–Crippen MR) is 78.8 cm³/mol. The van der Waals surface area contributed by atoms with Crippen LogP contribution in [0.15, 0.2) is 23.1 Å². The van der Waals surface area contributed by atoms with Crippen LogP contribution in [0.25, 0.3) is 0 Å². The molecule has 0 saturated carbocycles. The molecule has 2 rings (SSSR count). The summed E-state index contributed by atoms with van der Waals surface area (Å²) in [6, 6.07) is 2.85. The van der Waals surface area contributed by atoms with Crippen LogP contribution in [0.1, 0.15) is 6.92 Å². The first-order valence-electron chi connectivity index (χ1n) is 5.57. The molecule has 0 aromatic heterocycles. The van der Waals surface area contributed by atoms with Crippen molar-refractivity contribution in [3.8, 4) is 0 Å². The van der Waals surface area contributed by atoms with Crippen molar-refractivity contribution in [1.82, 2.24) is 4.31 Å². The van der Waals surface area contributed by atoms with Crippen molar-refractivity contribution in [1.29, 1.82) is 0 Å². The van der Waals surface area contributed by atoms with Crippen LogP contribution in [0.4, 0.5) is 0 Å². The summed E-state index contributed by atoms with van der Waals surface area (Å²) >= 11 is 12.9. The van der Waals surface area contributed by atoms with Gasteiger partial charge in [0.05, 0.1) is 10.3 Å². The largest absolute Gasteiger partial charge is 0.480 e. The monoisotopic (exact) mass is 355 g/mol. The van der Waals surface area contributed by atoms with Gasteiger partial charge < -0.3 is 5.11 Å². The van der Waals surface area contributed by atoms with E-state index in [0.29, 0.717) is 0 Å². The lowest BCUT2D eigenvalue weighted by Gasteiger charge is -2.24. The van der Waals surface area contributed by atoms with E-state index in [1.54, 1.807) is 6.92 Å². The number of benzene rings is 1. The minimum atomic E-state index is -3.96. The Kier molecular flexibility index (Phi) is 4.56. The number of hydrogen-bond donors (Lipinski definition) is 1. The number of carbonyl (C=O) groups is 1. The van der Waals surface area contributed by atoms with Gasteiger partial charge in [-0.25, -0.2) is 8.42 Å². The summed E-state index contributed by atoms with van der Waals surface area (Å²) in [7, 11) is -3.96. The van der Waals surface area contributed by atoms with Crippen LogP contribution in [0.3, 0.4) is 0 Å². The van der Waals surface area contributed by atoms with Gasteiger partial charge in [0.1, 0.15) is 6.04 Å². The Labute approximate surface area is 130 Å². The first kappa shape index (κ1) is 15.9. The lowest BCUT2D eigenvalue weighted by atomic mass is 10.3. The molecule has 1 fully saturated rings. The van der Waals surface area contributed by atoms with Crippen LogP contribution < -0.4 is 0 Å². The van der Waals surface area contributed by atoms with E-state index in [4.69, 9.17) is 28.3 Å². The third kappa shape index (κ3) is 2.92. The number of aliphatic carboxylic acids is 1. The molecule has 20 heavy (non-hydrogen) atoms. The van der Waals surface area contributed by atoms with Crippen molar-refractivity contribution in [2.24, 2.45) is 0 Å². The topological polar surface area (TPSA) is 74.7 Å². The van der Waals surface area contributed by atoms with Gasteiger partial charge in [0.25, 0.3) is 0 Å². The number of halogens is 2. The Bertz CT molecular complexity index is 630. The van der Waals surface area contributed by atoms with Crippen LogP contribution in [-0.2, 0) is 14.8 Å². The average Bonchev–Trinajstić information content (AvgIpc) is 2.70. The summed E-state index contributed by atoms with van der Waals surface area (Å²) < 4.78 is 26.2. The molecular formula is C11H11Cl2NO4S2. The van der Waals surface area contributed by atoms with E-state index in [1.807, 2.05) is 0 Å². The third-order valence-electron chi connectivity index (χ3n) is 2.86. The fraction of sp³-hybridized carbons (Fsp3) is 0.364. The molecule has 2 atom stereocenters. The van der Waals surface area contributed by atoms with E-state index >= 15 is 0 Å². The van der Waals surface area contributed by atoms with Crippen molar-refractivity contribution in [3.63, 3.8) is 0 Å². The Morgan fingerprint density at radius 2 is 1.90 bits per heavy atom. The molecule has 2 unspecified atom stereocenters. The quantitative estimate of drug-likeness (QED) is 0.901. The van der Waals surface area contributed by atoms with E-state index in [1.165, 1.54) is 30.0 Å². The maximum Gasteiger partial charge on any atom is 0.322 e. The van der Waals surface area contributed by atoms with Crippen molar-refractivity contribution >= 4 is 51.0 Å². The Morgan fingerprint density at radius 1 is 1.35 bits per heavy atom. The maximum absolute atomic E-state index is 12.6. The first-order chi connectivity index (χ1) is 9.23. The van der Waals surface area contributed by atoms with E-state index in [-0.39, 0.29) is 20.7 Å². The molecule has 1 aromatic rings. The number of rotatable bonds is 3. The second kappa shape index (κ2) is 5.73. The summed E-state index contributed by atoms with van der Waals surface area (Å²) in [6.45, 7) is 1.65. The summed E-state index contributed by atoms with van der Waals surface area (Å²) in [5.41, 5.74) is 0. The summed E-state index contributed by atoms with van der Waals surface area (Å²) in [5, 5.41) is 9.06. The molecule has 5 nitrogen and oxygen atoms in total. The predicted octanol–water partition coefficient (Wildman–Crippen LogP) is 2.53. The van der Waals surface area contributed by atoms with Gasteiger partial charge in [-0.1, -0.05) is 23.2 Å². The Hall–Kier alpha value is -0.470. The van der Waals surface area contributed by atoms with Crippen LogP contribution in [0, 0.1) is 0 Å². The van der Waals surface area contributed by atoms with Crippen LogP contribution in [-0.4, -0.2) is 41.0 Å². The van der Waals surface area contributed by atoms with Gasteiger partial charge >= 0.3 is 5.97 Å². The zero-order chi connectivity index (χ0) is 15.1. The first-order valence-corrected chi connectivity index (χ1v) is 8.82. The van der Waals surface area contributed by atoms with Gasteiger partial charge in [-0.2, -0.15) is 4.31 Å². The van der Waals surface area contributed by atoms with Gasteiger partial charge in [-0.15, -0.1) is 11.8 Å². The molecule has 1 saturated heterocycles. The number of sulfonamides is 1. The van der Waals surface area contributed by atoms with Gasteiger partial charge in [-0.3, -0.25) is 4.79 Å². The highest BCUT2D eigenvalue weighted by Gasteiger charge is 2.44. The van der Waals surface area contributed by atoms with Crippen LogP contribution in [0.5, 0.6) is 0 Å². The number of carboxylic acids is 1. The standard InChI is InChI=1S/C11H11Cl2NO4S2/c1-6-14(10(5-19-6)11(15)16)20(17,18)9-3-7(12)2-8(13)4-9/h2-4,6,10H,5H2,1H3,(H,15,16). The molecule has 1 N–H and O–H groups in total. The van der Waals surface area contributed by atoms with Crippen molar-refractivity contribution < 1.29 is 18.3 Å². The molecular weight excluding hydrogens is 345 g/mol. The molecule has 1 aliphatic rings.